The monoisotopic (exact) mass is 556 g/mol. The van der Waals surface area contributed by atoms with Gasteiger partial charge in [0, 0.05) is 30.9 Å². The summed E-state index contributed by atoms with van der Waals surface area (Å²) in [5, 5.41) is 20.8. The third-order valence-corrected chi connectivity index (χ3v) is 5.85. The molecule has 10 nitrogen and oxygen atoms in total. The predicted molar refractivity (Wildman–Crippen MR) is 119 cm³/mol. The molecule has 3 aromatic rings. The Labute approximate surface area is 203 Å². The Hall–Kier alpha value is -3.62. The predicted octanol–water partition coefficient (Wildman–Crippen LogP) is 4.07. The highest BCUT2D eigenvalue weighted by Gasteiger charge is 2.34. The van der Waals surface area contributed by atoms with Gasteiger partial charge in [0.2, 0.25) is 17.7 Å². The van der Waals surface area contributed by atoms with E-state index in [1.165, 1.54) is 18.2 Å². The Morgan fingerprint density at radius 3 is 2.60 bits per heavy atom. The van der Waals surface area contributed by atoms with Gasteiger partial charge in [0.15, 0.2) is 11.5 Å². The fraction of sp³-hybridized carbons (Fsp3) is 0.300. The molecule has 3 heterocycles. The SMILES string of the molecule is N=C(Nc1ccc(F)c(Br)c1)c1nonc1NC(=O)C1CCN(c2nccc(C(F)(F)F)n2)CC1. The molecular weight excluding hydrogens is 540 g/mol. The number of anilines is 3. The van der Waals surface area contributed by atoms with E-state index in [4.69, 9.17) is 5.41 Å². The van der Waals surface area contributed by atoms with Crippen LogP contribution in [-0.4, -0.2) is 45.1 Å². The van der Waals surface area contributed by atoms with Crippen LogP contribution in [0.2, 0.25) is 0 Å². The van der Waals surface area contributed by atoms with E-state index in [-0.39, 0.29) is 40.9 Å². The normalized spacial score (nSPS) is 14.6. The zero-order valence-corrected chi connectivity index (χ0v) is 19.3. The van der Waals surface area contributed by atoms with Crippen LogP contribution in [0.1, 0.15) is 24.2 Å². The summed E-state index contributed by atoms with van der Waals surface area (Å²) in [4.78, 5) is 21.8. The Kier molecular flexibility index (Phi) is 6.95. The molecule has 4 rings (SSSR count). The van der Waals surface area contributed by atoms with Gasteiger partial charge in [-0.05, 0) is 63.4 Å². The van der Waals surface area contributed by atoms with Gasteiger partial charge in [-0.2, -0.15) is 13.2 Å². The number of hydrogen-bond donors (Lipinski definition) is 3. The molecule has 1 aromatic carbocycles. The molecule has 0 unspecified atom stereocenters. The first kappa shape index (κ1) is 24.5. The molecular formula is C20H17BrF4N8O2. The fourth-order valence-corrected chi connectivity index (χ4v) is 3.81. The lowest BCUT2D eigenvalue weighted by Crippen LogP contribution is -2.39. The Morgan fingerprint density at radius 1 is 1.17 bits per heavy atom. The number of amidine groups is 1. The van der Waals surface area contributed by atoms with Crippen molar-refractivity contribution in [2.45, 2.75) is 19.0 Å². The number of nitrogens with one attached hydrogen (secondary N) is 3. The average Bonchev–Trinajstić information content (AvgIpc) is 3.29. The molecule has 15 heteroatoms. The van der Waals surface area contributed by atoms with Gasteiger partial charge < -0.3 is 15.5 Å². The van der Waals surface area contributed by atoms with E-state index >= 15 is 0 Å². The minimum atomic E-state index is -4.57. The van der Waals surface area contributed by atoms with Crippen LogP contribution in [0.3, 0.4) is 0 Å². The van der Waals surface area contributed by atoms with Crippen molar-refractivity contribution in [1.82, 2.24) is 20.3 Å². The van der Waals surface area contributed by atoms with E-state index in [9.17, 15) is 22.4 Å². The zero-order chi connectivity index (χ0) is 25.2. The summed E-state index contributed by atoms with van der Waals surface area (Å²) in [5.74, 6) is -1.69. The smallest absolute Gasteiger partial charge is 0.341 e. The summed E-state index contributed by atoms with van der Waals surface area (Å²) in [6.07, 6.45) is -2.84. The van der Waals surface area contributed by atoms with E-state index in [0.717, 1.165) is 12.3 Å². The molecule has 1 aliphatic rings. The van der Waals surface area contributed by atoms with Crippen molar-refractivity contribution in [2.75, 3.05) is 28.6 Å². The lowest BCUT2D eigenvalue weighted by molar-refractivity contribution is -0.141. The summed E-state index contributed by atoms with van der Waals surface area (Å²) in [6.45, 7) is 0.556. The largest absolute Gasteiger partial charge is 0.433 e. The maximum Gasteiger partial charge on any atom is 0.433 e. The van der Waals surface area contributed by atoms with Crippen LogP contribution in [-0.2, 0) is 11.0 Å². The molecule has 184 valence electrons. The average molecular weight is 557 g/mol. The van der Waals surface area contributed by atoms with Gasteiger partial charge >= 0.3 is 6.18 Å². The molecule has 0 atom stereocenters. The van der Waals surface area contributed by atoms with Crippen LogP contribution in [0.15, 0.2) is 39.6 Å². The quantitative estimate of drug-likeness (QED) is 0.243. The standard InChI is InChI=1S/C20H17BrF4N8O2/c21-12-9-11(1-2-13(12)22)28-16(26)15-17(32-35-31-15)30-18(34)10-4-7-33(8-5-10)19-27-6-3-14(29-19)20(23,24)25/h1-3,6,9-10H,4-5,7-8H2,(H2,26,28)(H,30,32,34). The fourth-order valence-electron chi connectivity index (χ4n) is 3.43. The third-order valence-electron chi connectivity index (χ3n) is 5.24. The minimum absolute atomic E-state index is 0.0476. The number of rotatable bonds is 5. The molecule has 35 heavy (non-hydrogen) atoms. The van der Waals surface area contributed by atoms with Gasteiger partial charge in [-0.1, -0.05) is 0 Å². The number of piperidine rings is 1. The maximum atomic E-state index is 13.4. The van der Waals surface area contributed by atoms with Crippen molar-refractivity contribution < 1.29 is 27.0 Å². The molecule has 1 saturated heterocycles. The Balaban J connectivity index is 1.36. The van der Waals surface area contributed by atoms with E-state index in [1.54, 1.807) is 4.90 Å². The van der Waals surface area contributed by atoms with Crippen molar-refractivity contribution in [3.05, 3.63) is 52.1 Å². The lowest BCUT2D eigenvalue weighted by Gasteiger charge is -2.31. The van der Waals surface area contributed by atoms with E-state index in [2.05, 4.69) is 51.5 Å². The van der Waals surface area contributed by atoms with Gasteiger partial charge in [-0.3, -0.25) is 10.2 Å². The van der Waals surface area contributed by atoms with Gasteiger partial charge in [0.05, 0.1) is 4.47 Å². The van der Waals surface area contributed by atoms with Crippen molar-refractivity contribution >= 4 is 45.1 Å². The summed E-state index contributed by atoms with van der Waals surface area (Å²) in [5.41, 5.74) is -0.696. The third kappa shape index (κ3) is 5.72. The van der Waals surface area contributed by atoms with Crippen molar-refractivity contribution in [3.63, 3.8) is 0 Å². The second-order valence-electron chi connectivity index (χ2n) is 7.58. The summed E-state index contributed by atoms with van der Waals surface area (Å²) < 4.78 is 57.0. The van der Waals surface area contributed by atoms with Crippen LogP contribution in [0.25, 0.3) is 0 Å². The molecule has 0 radical (unpaired) electrons. The second-order valence-corrected chi connectivity index (χ2v) is 8.43. The highest BCUT2D eigenvalue weighted by atomic mass is 79.9. The van der Waals surface area contributed by atoms with Gasteiger partial charge in [0.1, 0.15) is 11.5 Å². The number of halogens is 5. The Bertz CT molecular complexity index is 1240. The van der Waals surface area contributed by atoms with Crippen molar-refractivity contribution in [1.29, 1.82) is 5.41 Å². The van der Waals surface area contributed by atoms with Crippen LogP contribution < -0.4 is 15.5 Å². The maximum absolute atomic E-state index is 13.4. The minimum Gasteiger partial charge on any atom is -0.341 e. The Morgan fingerprint density at radius 2 is 1.91 bits per heavy atom. The summed E-state index contributed by atoms with van der Waals surface area (Å²) >= 11 is 3.06. The highest BCUT2D eigenvalue weighted by molar-refractivity contribution is 9.10. The molecule has 2 aromatic heterocycles. The van der Waals surface area contributed by atoms with E-state index < -0.39 is 29.5 Å². The van der Waals surface area contributed by atoms with Gasteiger partial charge in [0.25, 0.3) is 0 Å². The number of aromatic nitrogens is 4. The van der Waals surface area contributed by atoms with Gasteiger partial charge in [-0.25, -0.2) is 19.0 Å². The van der Waals surface area contributed by atoms with E-state index in [0.29, 0.717) is 18.5 Å². The van der Waals surface area contributed by atoms with Crippen LogP contribution in [0.5, 0.6) is 0 Å². The molecule has 0 saturated carbocycles. The summed E-state index contributed by atoms with van der Waals surface area (Å²) in [7, 11) is 0. The molecule has 0 aliphatic carbocycles. The van der Waals surface area contributed by atoms with Crippen LogP contribution >= 0.6 is 15.9 Å². The number of benzene rings is 1. The zero-order valence-electron chi connectivity index (χ0n) is 17.7. The highest BCUT2D eigenvalue weighted by Crippen LogP contribution is 2.29. The number of hydrogen-bond acceptors (Lipinski definition) is 8. The van der Waals surface area contributed by atoms with E-state index in [1.807, 2.05) is 0 Å². The first-order chi connectivity index (χ1) is 16.6. The second kappa shape index (κ2) is 9.93. The molecule has 0 spiro atoms. The van der Waals surface area contributed by atoms with Crippen molar-refractivity contribution in [3.8, 4) is 0 Å². The number of carbonyl (C=O) groups excluding carboxylic acids is 1. The van der Waals surface area contributed by atoms with Crippen molar-refractivity contribution in [2.24, 2.45) is 5.92 Å². The number of amides is 1. The number of alkyl halides is 3. The first-order valence-corrected chi connectivity index (χ1v) is 11.0. The van der Waals surface area contributed by atoms with Crippen LogP contribution in [0.4, 0.5) is 35.0 Å². The molecule has 1 fully saturated rings. The molecule has 0 bridgehead atoms. The number of carbonyl (C=O) groups is 1. The summed E-state index contributed by atoms with van der Waals surface area (Å²) in [6, 6.07) is 4.86. The topological polar surface area (TPSA) is 133 Å². The molecule has 1 aliphatic heterocycles. The first-order valence-electron chi connectivity index (χ1n) is 10.2. The molecule has 1 amide bonds. The number of nitrogens with zero attached hydrogens (tertiary/aromatic N) is 5. The van der Waals surface area contributed by atoms with Gasteiger partial charge in [-0.15, -0.1) is 0 Å². The van der Waals surface area contributed by atoms with Crippen LogP contribution in [0, 0.1) is 17.1 Å². The molecule has 3 N–H and O–H groups in total. The lowest BCUT2D eigenvalue weighted by atomic mass is 9.96.